The number of aliphatic hydroxyl groups excluding tert-OH is 1. The highest BCUT2D eigenvalue weighted by atomic mass is 16.3. The van der Waals surface area contributed by atoms with Gasteiger partial charge in [-0.25, -0.2) is 4.98 Å². The van der Waals surface area contributed by atoms with E-state index in [1.807, 2.05) is 0 Å². The fraction of sp³-hybridized carbons (Fsp3) is 0.636. The first kappa shape index (κ1) is 11.3. The summed E-state index contributed by atoms with van der Waals surface area (Å²) in [6.45, 7) is 1.78. The van der Waals surface area contributed by atoms with E-state index in [0.717, 1.165) is 31.6 Å². The largest absolute Gasteiger partial charge is 0.393 e. The summed E-state index contributed by atoms with van der Waals surface area (Å²) < 4.78 is 0. The van der Waals surface area contributed by atoms with Crippen LogP contribution in [0.1, 0.15) is 18.5 Å². The van der Waals surface area contributed by atoms with Gasteiger partial charge in [-0.05, 0) is 25.8 Å². The number of rotatable bonds is 4. The third-order valence-corrected chi connectivity index (χ3v) is 2.94. The standard InChI is InChI=1S/C11H18N4O/c1-15(6-8-2-10(16)3-8)7-9-4-14-11(12)5-13-9/h4-5,8,10,16H,2-3,6-7H2,1H3,(H2,12,14). The lowest BCUT2D eigenvalue weighted by atomic mass is 9.82. The number of anilines is 1. The quantitative estimate of drug-likeness (QED) is 0.764. The predicted octanol–water partition coefficient (Wildman–Crippen LogP) is 0.261. The maximum atomic E-state index is 9.20. The summed E-state index contributed by atoms with van der Waals surface area (Å²) in [4.78, 5) is 10.4. The minimum atomic E-state index is -0.0743. The second-order valence-corrected chi connectivity index (χ2v) is 4.62. The molecule has 0 unspecified atom stereocenters. The van der Waals surface area contributed by atoms with Crippen molar-refractivity contribution in [3.63, 3.8) is 0 Å². The zero-order valence-corrected chi connectivity index (χ0v) is 9.50. The molecule has 88 valence electrons. The Hall–Kier alpha value is -1.20. The minimum Gasteiger partial charge on any atom is -0.393 e. The molecule has 16 heavy (non-hydrogen) atoms. The molecule has 0 bridgehead atoms. The fourth-order valence-electron chi connectivity index (χ4n) is 2.08. The van der Waals surface area contributed by atoms with Crippen LogP contribution in [-0.4, -0.2) is 39.7 Å². The van der Waals surface area contributed by atoms with E-state index in [1.54, 1.807) is 12.4 Å². The second-order valence-electron chi connectivity index (χ2n) is 4.62. The Balaban J connectivity index is 1.78. The number of nitrogens with two attached hydrogens (primary N) is 1. The van der Waals surface area contributed by atoms with Crippen molar-refractivity contribution in [1.82, 2.24) is 14.9 Å². The van der Waals surface area contributed by atoms with Gasteiger partial charge in [0.1, 0.15) is 5.82 Å². The summed E-state index contributed by atoms with van der Waals surface area (Å²) in [6, 6.07) is 0. The fourth-order valence-corrected chi connectivity index (χ4v) is 2.08. The van der Waals surface area contributed by atoms with Crippen LogP contribution < -0.4 is 5.73 Å². The van der Waals surface area contributed by atoms with Gasteiger partial charge >= 0.3 is 0 Å². The lowest BCUT2D eigenvalue weighted by Gasteiger charge is -2.34. The van der Waals surface area contributed by atoms with Crippen molar-refractivity contribution in [3.05, 3.63) is 18.1 Å². The van der Waals surface area contributed by atoms with Crippen LogP contribution in [0.3, 0.4) is 0 Å². The topological polar surface area (TPSA) is 75.3 Å². The van der Waals surface area contributed by atoms with Gasteiger partial charge in [-0.3, -0.25) is 4.98 Å². The normalized spacial score (nSPS) is 24.4. The highest BCUT2D eigenvalue weighted by molar-refractivity contribution is 5.22. The highest BCUT2D eigenvalue weighted by Crippen LogP contribution is 2.27. The molecule has 5 heteroatoms. The van der Waals surface area contributed by atoms with Gasteiger partial charge in [0.15, 0.2) is 0 Å². The van der Waals surface area contributed by atoms with E-state index in [9.17, 15) is 5.11 Å². The monoisotopic (exact) mass is 222 g/mol. The smallest absolute Gasteiger partial charge is 0.141 e. The van der Waals surface area contributed by atoms with Crippen molar-refractivity contribution >= 4 is 5.82 Å². The number of aliphatic hydroxyl groups is 1. The molecular weight excluding hydrogens is 204 g/mol. The summed E-state index contributed by atoms with van der Waals surface area (Å²) in [6.07, 6.45) is 5.07. The van der Waals surface area contributed by atoms with Gasteiger partial charge < -0.3 is 15.7 Å². The molecule has 1 saturated carbocycles. The Morgan fingerprint density at radius 3 is 2.75 bits per heavy atom. The maximum absolute atomic E-state index is 9.20. The van der Waals surface area contributed by atoms with E-state index >= 15 is 0 Å². The highest BCUT2D eigenvalue weighted by Gasteiger charge is 2.27. The molecule has 1 aromatic rings. The number of nitrogens with zero attached hydrogens (tertiary/aromatic N) is 3. The maximum Gasteiger partial charge on any atom is 0.141 e. The summed E-state index contributed by atoms with van der Waals surface area (Å²) in [5.41, 5.74) is 6.40. The molecule has 3 N–H and O–H groups in total. The van der Waals surface area contributed by atoms with Gasteiger partial charge in [0.05, 0.1) is 24.2 Å². The average molecular weight is 222 g/mol. The van der Waals surface area contributed by atoms with Crippen LogP contribution in [0.4, 0.5) is 5.82 Å². The third kappa shape index (κ3) is 2.90. The molecule has 1 fully saturated rings. The lowest BCUT2D eigenvalue weighted by Crippen LogP contribution is -2.36. The van der Waals surface area contributed by atoms with Crippen LogP contribution >= 0.6 is 0 Å². The SMILES string of the molecule is CN(Cc1cnc(N)cn1)CC1CC(O)C1. The third-order valence-electron chi connectivity index (χ3n) is 2.94. The Bertz CT molecular complexity index is 334. The van der Waals surface area contributed by atoms with Crippen molar-refractivity contribution in [3.8, 4) is 0 Å². The van der Waals surface area contributed by atoms with E-state index < -0.39 is 0 Å². The molecule has 1 heterocycles. The average Bonchev–Trinajstić information content (AvgIpc) is 2.19. The van der Waals surface area contributed by atoms with Crippen molar-refractivity contribution < 1.29 is 5.11 Å². The number of nitrogen functional groups attached to an aromatic ring is 1. The zero-order valence-electron chi connectivity index (χ0n) is 9.50. The summed E-state index contributed by atoms with van der Waals surface area (Å²) in [7, 11) is 2.06. The summed E-state index contributed by atoms with van der Waals surface area (Å²) >= 11 is 0. The van der Waals surface area contributed by atoms with E-state index in [4.69, 9.17) is 5.73 Å². The Morgan fingerprint density at radius 2 is 2.19 bits per heavy atom. The van der Waals surface area contributed by atoms with Crippen LogP contribution in [0.5, 0.6) is 0 Å². The van der Waals surface area contributed by atoms with E-state index in [1.165, 1.54) is 0 Å². The molecule has 5 nitrogen and oxygen atoms in total. The Morgan fingerprint density at radius 1 is 1.44 bits per heavy atom. The molecule has 0 amide bonds. The molecule has 0 aromatic carbocycles. The number of hydrogen-bond acceptors (Lipinski definition) is 5. The van der Waals surface area contributed by atoms with Gasteiger partial charge in [-0.15, -0.1) is 0 Å². The molecule has 0 spiro atoms. The number of aromatic nitrogens is 2. The van der Waals surface area contributed by atoms with Gasteiger partial charge in [0.25, 0.3) is 0 Å². The van der Waals surface area contributed by atoms with E-state index in [0.29, 0.717) is 11.7 Å². The molecule has 1 aliphatic rings. The predicted molar refractivity (Wildman–Crippen MR) is 61.5 cm³/mol. The first-order valence-corrected chi connectivity index (χ1v) is 5.56. The van der Waals surface area contributed by atoms with Crippen LogP contribution in [0.2, 0.25) is 0 Å². The zero-order chi connectivity index (χ0) is 11.5. The molecular formula is C11H18N4O. The molecule has 1 aliphatic carbocycles. The van der Waals surface area contributed by atoms with E-state index in [2.05, 4.69) is 21.9 Å². The molecule has 0 atom stereocenters. The first-order valence-electron chi connectivity index (χ1n) is 5.56. The van der Waals surface area contributed by atoms with Crippen molar-refractivity contribution in [2.24, 2.45) is 5.92 Å². The van der Waals surface area contributed by atoms with Crippen LogP contribution in [-0.2, 0) is 6.54 Å². The van der Waals surface area contributed by atoms with Crippen LogP contribution in [0, 0.1) is 5.92 Å². The molecule has 2 rings (SSSR count). The molecule has 0 aliphatic heterocycles. The van der Waals surface area contributed by atoms with Crippen LogP contribution in [0.15, 0.2) is 12.4 Å². The van der Waals surface area contributed by atoms with Crippen LogP contribution in [0.25, 0.3) is 0 Å². The van der Waals surface area contributed by atoms with Gasteiger partial charge in [0, 0.05) is 13.1 Å². The second kappa shape index (κ2) is 4.76. The summed E-state index contributed by atoms with van der Waals surface area (Å²) in [5, 5.41) is 9.20. The molecule has 0 saturated heterocycles. The van der Waals surface area contributed by atoms with Gasteiger partial charge in [0.2, 0.25) is 0 Å². The Kier molecular flexibility index (Phi) is 3.36. The van der Waals surface area contributed by atoms with E-state index in [-0.39, 0.29) is 6.10 Å². The van der Waals surface area contributed by atoms with Crippen molar-refractivity contribution in [1.29, 1.82) is 0 Å². The first-order chi connectivity index (χ1) is 7.63. The Labute approximate surface area is 95.3 Å². The van der Waals surface area contributed by atoms with Crippen molar-refractivity contribution in [2.45, 2.75) is 25.5 Å². The minimum absolute atomic E-state index is 0.0743. The molecule has 1 aromatic heterocycles. The molecule has 0 radical (unpaired) electrons. The van der Waals surface area contributed by atoms with Gasteiger partial charge in [-0.1, -0.05) is 0 Å². The summed E-state index contributed by atoms with van der Waals surface area (Å²) in [5.74, 6) is 1.08. The van der Waals surface area contributed by atoms with Crippen molar-refractivity contribution in [2.75, 3.05) is 19.3 Å². The lowest BCUT2D eigenvalue weighted by molar-refractivity contribution is 0.0272. The van der Waals surface area contributed by atoms with Gasteiger partial charge in [-0.2, -0.15) is 0 Å². The number of hydrogen-bond donors (Lipinski definition) is 2.